The lowest BCUT2D eigenvalue weighted by Crippen LogP contribution is -2.55. The molecule has 25 heavy (non-hydrogen) atoms. The summed E-state index contributed by atoms with van der Waals surface area (Å²) in [5.74, 6) is -1.32. The van der Waals surface area contributed by atoms with Gasteiger partial charge in [0, 0.05) is 26.3 Å². The van der Waals surface area contributed by atoms with E-state index in [9.17, 15) is 23.1 Å². The molecular weight excluding hydrogens is 348 g/mol. The Bertz CT molecular complexity index is 585. The Balaban J connectivity index is 2.06. The number of amides is 1. The van der Waals surface area contributed by atoms with E-state index in [-0.39, 0.29) is 12.3 Å². The zero-order valence-electron chi connectivity index (χ0n) is 14.7. The first-order valence-electron chi connectivity index (χ1n) is 8.91. The van der Waals surface area contributed by atoms with Gasteiger partial charge in [-0.05, 0) is 32.1 Å². The number of hydrogen-bond acceptors (Lipinski definition) is 5. The highest BCUT2D eigenvalue weighted by molar-refractivity contribution is 7.89. The average molecular weight is 376 g/mol. The fourth-order valence-electron chi connectivity index (χ4n) is 3.48. The Labute approximate surface area is 149 Å². The highest BCUT2D eigenvalue weighted by Crippen LogP contribution is 2.30. The second-order valence-electron chi connectivity index (χ2n) is 6.85. The number of carboxylic acid groups (broad SMARTS) is 1. The van der Waals surface area contributed by atoms with Gasteiger partial charge in [-0.25, -0.2) is 8.42 Å². The second-order valence-corrected chi connectivity index (χ2v) is 8.90. The minimum Gasteiger partial charge on any atom is -0.481 e. The van der Waals surface area contributed by atoms with E-state index in [4.69, 9.17) is 4.74 Å². The Kier molecular flexibility index (Phi) is 6.81. The van der Waals surface area contributed by atoms with Crippen molar-refractivity contribution in [1.29, 1.82) is 0 Å². The summed E-state index contributed by atoms with van der Waals surface area (Å²) < 4.78 is 31.3. The van der Waals surface area contributed by atoms with Gasteiger partial charge in [-0.3, -0.25) is 9.59 Å². The maximum atomic E-state index is 12.6. The third-order valence-electron chi connectivity index (χ3n) is 5.08. The van der Waals surface area contributed by atoms with Crippen molar-refractivity contribution in [2.24, 2.45) is 5.41 Å². The molecule has 0 bridgehead atoms. The van der Waals surface area contributed by atoms with E-state index in [2.05, 4.69) is 5.32 Å². The van der Waals surface area contributed by atoms with E-state index in [1.165, 1.54) is 4.31 Å². The zero-order chi connectivity index (χ0) is 18.5. The van der Waals surface area contributed by atoms with E-state index in [0.717, 1.165) is 12.8 Å². The number of carbonyl (C=O) groups is 2. The normalized spacial score (nSPS) is 24.6. The van der Waals surface area contributed by atoms with Gasteiger partial charge in [-0.1, -0.05) is 13.3 Å². The van der Waals surface area contributed by atoms with Gasteiger partial charge in [0.2, 0.25) is 15.9 Å². The fraction of sp³-hybridized carbons (Fsp3) is 0.875. The summed E-state index contributed by atoms with van der Waals surface area (Å²) >= 11 is 0. The Morgan fingerprint density at radius 2 is 1.96 bits per heavy atom. The van der Waals surface area contributed by atoms with Crippen molar-refractivity contribution in [2.45, 2.75) is 51.5 Å². The fourth-order valence-corrected chi connectivity index (χ4v) is 5.22. The van der Waals surface area contributed by atoms with Gasteiger partial charge in [0.25, 0.3) is 0 Å². The molecular formula is C16H28N2O6S. The number of aliphatic carboxylic acids is 1. The minimum absolute atomic E-state index is 0.00267. The topological polar surface area (TPSA) is 113 Å². The molecule has 2 aliphatic rings. The lowest BCUT2D eigenvalue weighted by Gasteiger charge is -2.36. The predicted molar refractivity (Wildman–Crippen MR) is 91.6 cm³/mol. The molecule has 2 aliphatic heterocycles. The predicted octanol–water partition coefficient (Wildman–Crippen LogP) is 0.578. The number of sulfonamides is 1. The van der Waals surface area contributed by atoms with Crippen LogP contribution in [0.1, 0.15) is 45.4 Å². The molecule has 2 saturated heterocycles. The largest absolute Gasteiger partial charge is 0.481 e. The molecule has 2 N–H and O–H groups in total. The molecule has 2 heterocycles. The first kappa shape index (κ1) is 20.1. The molecule has 0 aliphatic carbocycles. The van der Waals surface area contributed by atoms with Gasteiger partial charge in [-0.2, -0.15) is 4.31 Å². The van der Waals surface area contributed by atoms with Crippen LogP contribution in [0.4, 0.5) is 0 Å². The summed E-state index contributed by atoms with van der Waals surface area (Å²) in [7, 11) is -3.47. The summed E-state index contributed by atoms with van der Waals surface area (Å²) in [5.41, 5.74) is -1.03. The van der Waals surface area contributed by atoms with Crippen molar-refractivity contribution >= 4 is 21.9 Å². The molecule has 8 nitrogen and oxygen atoms in total. The van der Waals surface area contributed by atoms with E-state index >= 15 is 0 Å². The number of rotatable bonds is 7. The standard InChI is InChI=1S/C16H28N2O6S/c1-2-11-25(22,23)18-8-4-3-5-13(18)14(19)17-12-16(15(20)21)6-9-24-10-7-16/h13H,2-12H2,1H3,(H,17,19)(H,20,21). The van der Waals surface area contributed by atoms with Crippen molar-refractivity contribution in [2.75, 3.05) is 32.1 Å². The molecule has 0 aromatic carbocycles. The van der Waals surface area contributed by atoms with Crippen LogP contribution >= 0.6 is 0 Å². The molecule has 0 radical (unpaired) electrons. The Morgan fingerprint density at radius 3 is 2.56 bits per heavy atom. The quantitative estimate of drug-likeness (QED) is 0.672. The number of carbonyl (C=O) groups excluding carboxylic acids is 1. The molecule has 9 heteroatoms. The van der Waals surface area contributed by atoms with Crippen LogP contribution in [-0.4, -0.2) is 67.8 Å². The molecule has 1 atom stereocenters. The minimum atomic E-state index is -3.47. The van der Waals surface area contributed by atoms with Gasteiger partial charge in [0.1, 0.15) is 6.04 Å². The van der Waals surface area contributed by atoms with Gasteiger partial charge < -0.3 is 15.2 Å². The molecule has 0 saturated carbocycles. The Hall–Kier alpha value is -1.19. The summed E-state index contributed by atoms with van der Waals surface area (Å²) in [6, 6.07) is -0.740. The summed E-state index contributed by atoms with van der Waals surface area (Å²) in [4.78, 5) is 24.3. The van der Waals surface area contributed by atoms with Crippen LogP contribution in [0.3, 0.4) is 0 Å². The van der Waals surface area contributed by atoms with Crippen LogP contribution in [-0.2, 0) is 24.3 Å². The van der Waals surface area contributed by atoms with Gasteiger partial charge in [0.05, 0.1) is 11.2 Å². The molecule has 1 unspecified atom stereocenters. The highest BCUT2D eigenvalue weighted by Gasteiger charge is 2.42. The number of piperidine rings is 1. The molecule has 1 amide bonds. The van der Waals surface area contributed by atoms with Crippen LogP contribution < -0.4 is 5.32 Å². The van der Waals surface area contributed by atoms with Gasteiger partial charge in [0.15, 0.2) is 0 Å². The SMILES string of the molecule is CCCS(=O)(=O)N1CCCCC1C(=O)NCC1(C(=O)O)CCOCC1. The first-order valence-corrected chi connectivity index (χ1v) is 10.5. The third-order valence-corrected chi connectivity index (χ3v) is 7.16. The average Bonchev–Trinajstić information content (AvgIpc) is 2.60. The maximum Gasteiger partial charge on any atom is 0.311 e. The maximum absolute atomic E-state index is 12.6. The van der Waals surface area contributed by atoms with Crippen molar-refractivity contribution in [1.82, 2.24) is 9.62 Å². The molecule has 2 fully saturated rings. The number of hydrogen-bond donors (Lipinski definition) is 2. The van der Waals surface area contributed by atoms with Gasteiger partial charge in [-0.15, -0.1) is 0 Å². The van der Waals surface area contributed by atoms with E-state index in [0.29, 0.717) is 45.4 Å². The lowest BCUT2D eigenvalue weighted by atomic mass is 9.80. The van der Waals surface area contributed by atoms with E-state index < -0.39 is 33.4 Å². The molecule has 144 valence electrons. The van der Waals surface area contributed by atoms with E-state index in [1.54, 1.807) is 6.92 Å². The third kappa shape index (κ3) is 4.71. The Morgan fingerprint density at radius 1 is 1.28 bits per heavy atom. The summed E-state index contributed by atoms with van der Waals surface area (Å²) in [6.45, 7) is 2.84. The van der Waals surface area contributed by atoms with Crippen LogP contribution in [0.15, 0.2) is 0 Å². The monoisotopic (exact) mass is 376 g/mol. The lowest BCUT2D eigenvalue weighted by molar-refractivity contribution is -0.154. The summed E-state index contributed by atoms with van der Waals surface area (Å²) in [5, 5.41) is 12.3. The van der Waals surface area contributed by atoms with Gasteiger partial charge >= 0.3 is 5.97 Å². The van der Waals surface area contributed by atoms with Crippen LogP contribution in [0.25, 0.3) is 0 Å². The smallest absolute Gasteiger partial charge is 0.311 e. The molecule has 2 rings (SSSR count). The van der Waals surface area contributed by atoms with Crippen molar-refractivity contribution < 1.29 is 27.9 Å². The highest BCUT2D eigenvalue weighted by atomic mass is 32.2. The second kappa shape index (κ2) is 8.46. The summed E-state index contributed by atoms with van der Waals surface area (Å²) in [6.07, 6.45) is 3.17. The zero-order valence-corrected chi connectivity index (χ0v) is 15.5. The van der Waals surface area contributed by atoms with Crippen molar-refractivity contribution in [3.05, 3.63) is 0 Å². The van der Waals surface area contributed by atoms with E-state index in [1.807, 2.05) is 0 Å². The molecule has 0 spiro atoms. The van der Waals surface area contributed by atoms with Crippen molar-refractivity contribution in [3.63, 3.8) is 0 Å². The number of carboxylic acids is 1. The van der Waals surface area contributed by atoms with Crippen molar-refractivity contribution in [3.8, 4) is 0 Å². The number of nitrogens with zero attached hydrogens (tertiary/aromatic N) is 1. The molecule has 0 aromatic heterocycles. The number of ether oxygens (including phenoxy) is 1. The number of nitrogens with one attached hydrogen (secondary N) is 1. The first-order chi connectivity index (χ1) is 11.8. The van der Waals surface area contributed by atoms with Crippen LogP contribution in [0.2, 0.25) is 0 Å². The van der Waals surface area contributed by atoms with Crippen LogP contribution in [0.5, 0.6) is 0 Å². The van der Waals surface area contributed by atoms with Crippen LogP contribution in [0, 0.1) is 5.41 Å². The molecule has 0 aromatic rings.